The maximum Gasteiger partial charge on any atom is 0.338 e. The Bertz CT molecular complexity index is 653. The number of rotatable bonds is 4. The first-order valence-corrected chi connectivity index (χ1v) is 7.49. The molecule has 1 aromatic carbocycles. The molecule has 1 aliphatic carbocycles. The molecule has 120 valence electrons. The second-order valence-corrected chi connectivity index (χ2v) is 5.44. The number of esters is 1. The number of hydrogen-bond acceptors (Lipinski definition) is 3. The van der Waals surface area contributed by atoms with Crippen LogP contribution in [0.3, 0.4) is 0 Å². The van der Waals surface area contributed by atoms with E-state index in [4.69, 9.17) is 10.00 Å². The molecule has 1 aromatic rings. The van der Waals surface area contributed by atoms with Crippen LogP contribution in [0, 0.1) is 28.9 Å². The summed E-state index contributed by atoms with van der Waals surface area (Å²) < 4.78 is 31.3. The Morgan fingerprint density at radius 2 is 1.91 bits per heavy atom. The molecule has 0 amide bonds. The summed E-state index contributed by atoms with van der Waals surface area (Å²) in [5, 5.41) is 8.38. The summed E-state index contributed by atoms with van der Waals surface area (Å²) in [6.45, 7) is 0. The highest BCUT2D eigenvalue weighted by molar-refractivity contribution is 5.89. The summed E-state index contributed by atoms with van der Waals surface area (Å²) in [4.78, 5) is 11.9. The number of halogens is 2. The van der Waals surface area contributed by atoms with Gasteiger partial charge in [0.05, 0.1) is 11.6 Å². The van der Waals surface area contributed by atoms with Gasteiger partial charge < -0.3 is 4.74 Å². The molecule has 0 bridgehead atoms. The van der Waals surface area contributed by atoms with Crippen molar-refractivity contribution in [1.29, 1.82) is 5.26 Å². The minimum atomic E-state index is -1.06. The van der Waals surface area contributed by atoms with E-state index in [1.165, 1.54) is 12.1 Å². The van der Waals surface area contributed by atoms with E-state index in [0.717, 1.165) is 37.8 Å². The largest absolute Gasteiger partial charge is 0.459 e. The maximum absolute atomic E-state index is 13.1. The summed E-state index contributed by atoms with van der Waals surface area (Å²) in [7, 11) is 0. The summed E-state index contributed by atoms with van der Waals surface area (Å²) in [6.07, 6.45) is 10.0. The molecule has 0 aromatic heterocycles. The topological polar surface area (TPSA) is 50.1 Å². The van der Waals surface area contributed by atoms with E-state index in [-0.39, 0.29) is 11.7 Å². The van der Waals surface area contributed by atoms with E-state index in [9.17, 15) is 13.6 Å². The average Bonchev–Trinajstić information content (AvgIpc) is 2.55. The molecule has 0 unspecified atom stereocenters. The Morgan fingerprint density at radius 1 is 1.17 bits per heavy atom. The smallest absolute Gasteiger partial charge is 0.338 e. The number of carbonyl (C=O) groups is 1. The van der Waals surface area contributed by atoms with Crippen LogP contribution < -0.4 is 0 Å². The zero-order valence-electron chi connectivity index (χ0n) is 12.5. The molecule has 0 aliphatic heterocycles. The molecular formula is C18H17F2NO2. The van der Waals surface area contributed by atoms with Crippen molar-refractivity contribution in [2.24, 2.45) is 5.92 Å². The number of allylic oxidation sites excluding steroid dienone is 4. The molecule has 1 aliphatic rings. The van der Waals surface area contributed by atoms with Gasteiger partial charge in [-0.15, -0.1) is 0 Å². The number of hydrogen-bond donors (Lipinski definition) is 0. The van der Waals surface area contributed by atoms with Gasteiger partial charge in [0.2, 0.25) is 0 Å². The van der Waals surface area contributed by atoms with Gasteiger partial charge in [0.25, 0.3) is 0 Å². The highest BCUT2D eigenvalue weighted by atomic mass is 19.2. The fourth-order valence-corrected chi connectivity index (χ4v) is 2.56. The first-order chi connectivity index (χ1) is 11.1. The van der Waals surface area contributed by atoms with Crippen LogP contribution >= 0.6 is 0 Å². The van der Waals surface area contributed by atoms with Crippen molar-refractivity contribution in [3.63, 3.8) is 0 Å². The van der Waals surface area contributed by atoms with Gasteiger partial charge in [-0.1, -0.05) is 18.2 Å². The van der Waals surface area contributed by atoms with Crippen molar-refractivity contribution in [2.75, 3.05) is 0 Å². The van der Waals surface area contributed by atoms with Crippen LogP contribution in [0.2, 0.25) is 0 Å². The average molecular weight is 317 g/mol. The summed E-state index contributed by atoms with van der Waals surface area (Å²) >= 11 is 0. The van der Waals surface area contributed by atoms with E-state index in [2.05, 4.69) is 0 Å². The molecule has 0 heterocycles. The van der Waals surface area contributed by atoms with Gasteiger partial charge >= 0.3 is 5.97 Å². The van der Waals surface area contributed by atoms with Gasteiger partial charge in [0.15, 0.2) is 11.6 Å². The summed E-state index contributed by atoms with van der Waals surface area (Å²) in [6, 6.07) is 4.91. The molecule has 3 nitrogen and oxygen atoms in total. The Labute approximate surface area is 133 Å². The van der Waals surface area contributed by atoms with Crippen molar-refractivity contribution >= 4 is 5.97 Å². The van der Waals surface area contributed by atoms with Crippen LogP contribution in [0.25, 0.3) is 0 Å². The van der Waals surface area contributed by atoms with Crippen molar-refractivity contribution in [1.82, 2.24) is 0 Å². The third-order valence-electron chi connectivity index (χ3n) is 3.81. The van der Waals surface area contributed by atoms with E-state index in [1.807, 2.05) is 18.2 Å². The molecule has 0 N–H and O–H groups in total. The third-order valence-corrected chi connectivity index (χ3v) is 3.81. The number of nitriles is 1. The zero-order chi connectivity index (χ0) is 16.7. The monoisotopic (exact) mass is 317 g/mol. The number of ether oxygens (including phenoxy) is 1. The minimum absolute atomic E-state index is 0.0209. The molecule has 1 fully saturated rings. The van der Waals surface area contributed by atoms with Gasteiger partial charge in [0.1, 0.15) is 6.10 Å². The minimum Gasteiger partial charge on any atom is -0.459 e. The highest BCUT2D eigenvalue weighted by Crippen LogP contribution is 2.28. The first-order valence-electron chi connectivity index (χ1n) is 7.49. The quantitative estimate of drug-likeness (QED) is 0.472. The van der Waals surface area contributed by atoms with Gasteiger partial charge in [-0.2, -0.15) is 5.26 Å². The Hall–Kier alpha value is -2.48. The molecule has 0 spiro atoms. The molecule has 0 atom stereocenters. The van der Waals surface area contributed by atoms with Crippen LogP contribution in [0.4, 0.5) is 8.78 Å². The second kappa shape index (κ2) is 8.23. The summed E-state index contributed by atoms with van der Waals surface area (Å²) in [5.74, 6) is -2.27. The van der Waals surface area contributed by atoms with E-state index >= 15 is 0 Å². The van der Waals surface area contributed by atoms with E-state index in [1.54, 1.807) is 6.08 Å². The summed E-state index contributed by atoms with van der Waals surface area (Å²) in [5.41, 5.74) is 0.0209. The van der Waals surface area contributed by atoms with E-state index < -0.39 is 17.6 Å². The predicted octanol–water partition coefficient (Wildman–Crippen LogP) is 4.32. The standard InChI is InChI=1S/C18H17F2NO2/c19-16-10-7-14(12-17(16)20)18(22)23-15-8-5-13(6-9-15)4-2-1-3-11-21/h1-4,7,10,12-13,15H,5-6,8-9H2/t13-,15-. The van der Waals surface area contributed by atoms with E-state index in [0.29, 0.717) is 5.92 Å². The maximum atomic E-state index is 13.1. The second-order valence-electron chi connectivity index (χ2n) is 5.44. The Balaban J connectivity index is 1.83. The lowest BCUT2D eigenvalue weighted by Gasteiger charge is -2.26. The fraction of sp³-hybridized carbons (Fsp3) is 0.333. The zero-order valence-corrected chi connectivity index (χ0v) is 12.5. The van der Waals surface area contributed by atoms with Crippen LogP contribution in [0.1, 0.15) is 36.0 Å². The van der Waals surface area contributed by atoms with Crippen molar-refractivity contribution in [3.05, 3.63) is 59.7 Å². The third kappa shape index (κ3) is 5.03. The SMILES string of the molecule is N#CC=CC=C[C@H]1CC[C@H](OC(=O)c2ccc(F)c(F)c2)CC1. The van der Waals surface area contributed by atoms with Gasteiger partial charge in [-0.05, 0) is 49.8 Å². The lowest BCUT2D eigenvalue weighted by atomic mass is 9.87. The highest BCUT2D eigenvalue weighted by Gasteiger charge is 2.23. The van der Waals surface area contributed by atoms with Gasteiger partial charge in [-0.3, -0.25) is 0 Å². The predicted molar refractivity (Wildman–Crippen MR) is 81.4 cm³/mol. The van der Waals surface area contributed by atoms with Crippen LogP contribution in [-0.4, -0.2) is 12.1 Å². The van der Waals surface area contributed by atoms with Crippen LogP contribution in [0.5, 0.6) is 0 Å². The number of benzene rings is 1. The number of nitrogens with zero attached hydrogens (tertiary/aromatic N) is 1. The molecule has 5 heteroatoms. The van der Waals surface area contributed by atoms with Crippen molar-refractivity contribution in [3.8, 4) is 6.07 Å². The van der Waals surface area contributed by atoms with Crippen molar-refractivity contribution < 1.29 is 18.3 Å². The molecule has 1 saturated carbocycles. The molecule has 0 radical (unpaired) electrons. The molecule has 23 heavy (non-hydrogen) atoms. The molecule has 2 rings (SSSR count). The lowest BCUT2D eigenvalue weighted by molar-refractivity contribution is 0.0184. The number of carbonyl (C=O) groups excluding carboxylic acids is 1. The van der Waals surface area contributed by atoms with Crippen LogP contribution in [0.15, 0.2) is 42.5 Å². The first kappa shape index (κ1) is 16.9. The van der Waals surface area contributed by atoms with Gasteiger partial charge in [0, 0.05) is 6.08 Å². The Kier molecular flexibility index (Phi) is 6.04. The van der Waals surface area contributed by atoms with Crippen molar-refractivity contribution in [2.45, 2.75) is 31.8 Å². The fourth-order valence-electron chi connectivity index (χ4n) is 2.56. The molecule has 0 saturated heterocycles. The van der Waals surface area contributed by atoms with Crippen LogP contribution in [-0.2, 0) is 4.74 Å². The van der Waals surface area contributed by atoms with Gasteiger partial charge in [-0.25, -0.2) is 13.6 Å². The molecular weight excluding hydrogens is 300 g/mol. The Morgan fingerprint density at radius 3 is 2.57 bits per heavy atom. The normalized spacial score (nSPS) is 21.4. The lowest BCUT2D eigenvalue weighted by Crippen LogP contribution is -2.24.